The SMILES string of the molecule is O=C(NCCOCCO)C1(c2ccccc2F)CCC1. The standard InChI is InChI=1S/C15H20FNO3/c16-13-5-2-1-4-12(13)15(6-3-7-15)14(19)17-8-10-20-11-9-18/h1-2,4-5,18H,3,6-11H2,(H,17,19). The lowest BCUT2D eigenvalue weighted by Crippen LogP contribution is -2.50. The Balaban J connectivity index is 1.97. The van der Waals surface area contributed by atoms with Crippen molar-refractivity contribution in [2.45, 2.75) is 24.7 Å². The molecule has 5 heteroatoms. The lowest BCUT2D eigenvalue weighted by atomic mass is 9.63. The fraction of sp³-hybridized carbons (Fsp3) is 0.533. The maximum Gasteiger partial charge on any atom is 0.230 e. The lowest BCUT2D eigenvalue weighted by molar-refractivity contribution is -0.130. The summed E-state index contributed by atoms with van der Waals surface area (Å²) in [7, 11) is 0. The number of benzene rings is 1. The third-order valence-electron chi connectivity index (χ3n) is 3.80. The molecule has 0 aliphatic heterocycles. The molecular formula is C15H20FNO3. The zero-order valence-corrected chi connectivity index (χ0v) is 11.4. The number of amides is 1. The summed E-state index contributed by atoms with van der Waals surface area (Å²) in [5, 5.41) is 11.4. The molecule has 0 heterocycles. The summed E-state index contributed by atoms with van der Waals surface area (Å²) < 4.78 is 19.0. The average Bonchev–Trinajstić information content (AvgIpc) is 2.39. The maximum atomic E-state index is 13.9. The van der Waals surface area contributed by atoms with Crippen LogP contribution in [-0.2, 0) is 14.9 Å². The van der Waals surface area contributed by atoms with Gasteiger partial charge in [-0.2, -0.15) is 0 Å². The van der Waals surface area contributed by atoms with Crippen LogP contribution in [0, 0.1) is 5.82 Å². The van der Waals surface area contributed by atoms with Crippen LogP contribution in [-0.4, -0.2) is 37.4 Å². The fourth-order valence-electron chi connectivity index (χ4n) is 2.57. The third kappa shape index (κ3) is 2.99. The number of nitrogens with one attached hydrogen (secondary N) is 1. The van der Waals surface area contributed by atoms with Gasteiger partial charge in [-0.05, 0) is 18.9 Å². The van der Waals surface area contributed by atoms with Gasteiger partial charge in [-0.25, -0.2) is 4.39 Å². The Kier molecular flexibility index (Phi) is 5.09. The fourth-order valence-corrected chi connectivity index (χ4v) is 2.57. The average molecular weight is 281 g/mol. The first-order valence-electron chi connectivity index (χ1n) is 6.92. The second-order valence-electron chi connectivity index (χ2n) is 5.01. The van der Waals surface area contributed by atoms with E-state index in [1.54, 1.807) is 18.2 Å². The van der Waals surface area contributed by atoms with Crippen LogP contribution in [0.15, 0.2) is 24.3 Å². The van der Waals surface area contributed by atoms with Crippen LogP contribution < -0.4 is 5.32 Å². The van der Waals surface area contributed by atoms with Crippen molar-refractivity contribution in [2.24, 2.45) is 0 Å². The number of hydrogen-bond acceptors (Lipinski definition) is 3. The molecule has 1 aromatic carbocycles. The van der Waals surface area contributed by atoms with E-state index in [9.17, 15) is 9.18 Å². The monoisotopic (exact) mass is 281 g/mol. The van der Waals surface area contributed by atoms with E-state index in [1.807, 2.05) is 0 Å². The Morgan fingerprint density at radius 1 is 1.35 bits per heavy atom. The third-order valence-corrected chi connectivity index (χ3v) is 3.80. The molecule has 20 heavy (non-hydrogen) atoms. The molecule has 0 atom stereocenters. The van der Waals surface area contributed by atoms with Crippen LogP contribution in [0.4, 0.5) is 4.39 Å². The zero-order valence-electron chi connectivity index (χ0n) is 11.4. The smallest absolute Gasteiger partial charge is 0.230 e. The first-order chi connectivity index (χ1) is 9.70. The summed E-state index contributed by atoms with van der Waals surface area (Å²) in [6.45, 7) is 0.941. The van der Waals surface area contributed by atoms with Crippen molar-refractivity contribution < 1.29 is 19.0 Å². The van der Waals surface area contributed by atoms with Crippen molar-refractivity contribution in [1.29, 1.82) is 0 Å². The molecule has 0 saturated heterocycles. The second-order valence-corrected chi connectivity index (χ2v) is 5.01. The summed E-state index contributed by atoms with van der Waals surface area (Å²) in [4.78, 5) is 12.3. The molecule has 2 N–H and O–H groups in total. The van der Waals surface area contributed by atoms with E-state index in [4.69, 9.17) is 9.84 Å². The van der Waals surface area contributed by atoms with Gasteiger partial charge in [-0.15, -0.1) is 0 Å². The van der Waals surface area contributed by atoms with Gasteiger partial charge < -0.3 is 15.2 Å². The quantitative estimate of drug-likeness (QED) is 0.742. The second kappa shape index (κ2) is 6.81. The van der Waals surface area contributed by atoms with Crippen molar-refractivity contribution in [3.63, 3.8) is 0 Å². The van der Waals surface area contributed by atoms with E-state index in [0.29, 0.717) is 31.6 Å². The Bertz CT molecular complexity index is 460. The van der Waals surface area contributed by atoms with Crippen LogP contribution >= 0.6 is 0 Å². The lowest BCUT2D eigenvalue weighted by Gasteiger charge is -2.40. The maximum absolute atomic E-state index is 13.9. The Hall–Kier alpha value is -1.46. The summed E-state index contributed by atoms with van der Waals surface area (Å²) in [6.07, 6.45) is 2.29. The van der Waals surface area contributed by atoms with Crippen LogP contribution in [0.5, 0.6) is 0 Å². The van der Waals surface area contributed by atoms with Crippen LogP contribution in [0.25, 0.3) is 0 Å². The Morgan fingerprint density at radius 3 is 2.70 bits per heavy atom. The number of ether oxygens (including phenoxy) is 1. The first kappa shape index (κ1) is 14.9. The van der Waals surface area contributed by atoms with Gasteiger partial charge in [-0.1, -0.05) is 24.6 Å². The largest absolute Gasteiger partial charge is 0.394 e. The van der Waals surface area contributed by atoms with Crippen LogP contribution in [0.3, 0.4) is 0 Å². The predicted octanol–water partition coefficient (Wildman–Crippen LogP) is 1.37. The van der Waals surface area contributed by atoms with Gasteiger partial charge in [-0.3, -0.25) is 4.79 Å². The highest BCUT2D eigenvalue weighted by molar-refractivity contribution is 5.89. The molecular weight excluding hydrogens is 261 g/mol. The van der Waals surface area contributed by atoms with Gasteiger partial charge in [0.05, 0.1) is 25.2 Å². The molecule has 4 nitrogen and oxygen atoms in total. The molecule has 1 aliphatic carbocycles. The van der Waals surface area contributed by atoms with E-state index in [0.717, 1.165) is 6.42 Å². The van der Waals surface area contributed by atoms with Crippen LogP contribution in [0.2, 0.25) is 0 Å². The molecule has 1 aromatic rings. The van der Waals surface area contributed by atoms with Gasteiger partial charge in [0, 0.05) is 12.1 Å². The normalized spacial score (nSPS) is 16.5. The molecule has 1 aliphatic rings. The molecule has 2 rings (SSSR count). The number of rotatable bonds is 7. The van der Waals surface area contributed by atoms with E-state index in [2.05, 4.69) is 5.32 Å². The number of halogens is 1. The van der Waals surface area contributed by atoms with E-state index in [-0.39, 0.29) is 24.9 Å². The molecule has 1 saturated carbocycles. The highest BCUT2D eigenvalue weighted by atomic mass is 19.1. The van der Waals surface area contributed by atoms with Crippen molar-refractivity contribution in [2.75, 3.05) is 26.4 Å². The Labute approximate surface area is 117 Å². The number of aliphatic hydroxyl groups excluding tert-OH is 1. The summed E-state index contributed by atoms with van der Waals surface area (Å²) in [5.41, 5.74) is -0.234. The summed E-state index contributed by atoms with van der Waals surface area (Å²) in [6, 6.07) is 6.48. The molecule has 1 amide bonds. The zero-order chi connectivity index (χ0) is 14.4. The topological polar surface area (TPSA) is 58.6 Å². The number of aliphatic hydroxyl groups is 1. The predicted molar refractivity (Wildman–Crippen MR) is 72.8 cm³/mol. The molecule has 0 radical (unpaired) electrons. The van der Waals surface area contributed by atoms with Gasteiger partial charge in [0.1, 0.15) is 5.82 Å². The number of carbonyl (C=O) groups is 1. The van der Waals surface area contributed by atoms with E-state index >= 15 is 0 Å². The van der Waals surface area contributed by atoms with Crippen molar-refractivity contribution >= 4 is 5.91 Å². The number of hydrogen-bond donors (Lipinski definition) is 2. The first-order valence-corrected chi connectivity index (χ1v) is 6.92. The van der Waals surface area contributed by atoms with Crippen molar-refractivity contribution in [3.8, 4) is 0 Å². The van der Waals surface area contributed by atoms with Gasteiger partial charge in [0.15, 0.2) is 0 Å². The summed E-state index contributed by atoms with van der Waals surface area (Å²) in [5.74, 6) is -0.458. The van der Waals surface area contributed by atoms with Gasteiger partial charge >= 0.3 is 0 Å². The molecule has 0 bridgehead atoms. The molecule has 0 spiro atoms. The summed E-state index contributed by atoms with van der Waals surface area (Å²) >= 11 is 0. The minimum absolute atomic E-state index is 0.0346. The number of carbonyl (C=O) groups excluding carboxylic acids is 1. The van der Waals surface area contributed by atoms with Gasteiger partial charge in [0.2, 0.25) is 5.91 Å². The molecule has 110 valence electrons. The molecule has 0 aromatic heterocycles. The molecule has 0 unspecified atom stereocenters. The van der Waals surface area contributed by atoms with Crippen LogP contribution in [0.1, 0.15) is 24.8 Å². The highest BCUT2D eigenvalue weighted by Gasteiger charge is 2.46. The van der Waals surface area contributed by atoms with Crippen molar-refractivity contribution in [1.82, 2.24) is 5.32 Å². The van der Waals surface area contributed by atoms with Gasteiger partial charge in [0.25, 0.3) is 0 Å². The minimum Gasteiger partial charge on any atom is -0.394 e. The van der Waals surface area contributed by atoms with E-state index in [1.165, 1.54) is 6.07 Å². The van der Waals surface area contributed by atoms with Crippen molar-refractivity contribution in [3.05, 3.63) is 35.6 Å². The van der Waals surface area contributed by atoms with E-state index < -0.39 is 5.41 Å². The minimum atomic E-state index is -0.720. The highest BCUT2D eigenvalue weighted by Crippen LogP contribution is 2.44. The molecule has 1 fully saturated rings. The Morgan fingerprint density at radius 2 is 2.10 bits per heavy atom.